The first-order valence-electron chi connectivity index (χ1n) is 8.49. The van der Waals surface area contributed by atoms with Crippen LogP contribution in [0.3, 0.4) is 0 Å². The zero-order valence-electron chi connectivity index (χ0n) is 14.3. The van der Waals surface area contributed by atoms with Crippen LogP contribution in [0.5, 0.6) is 0 Å². The van der Waals surface area contributed by atoms with Gasteiger partial charge in [0.25, 0.3) is 0 Å². The Balaban J connectivity index is 1.81. The molecule has 122 valence electrons. The Morgan fingerprint density at radius 1 is 0.833 bits per heavy atom. The molecule has 2 heteroatoms. The van der Waals surface area contributed by atoms with Gasteiger partial charge in [-0.1, -0.05) is 60.2 Å². The number of benzene rings is 2. The third-order valence-electron chi connectivity index (χ3n) is 4.29. The van der Waals surface area contributed by atoms with Gasteiger partial charge in [-0.15, -0.1) is 0 Å². The highest BCUT2D eigenvalue weighted by Crippen LogP contribution is 2.23. The summed E-state index contributed by atoms with van der Waals surface area (Å²) in [7, 11) is 0. The molecule has 24 heavy (non-hydrogen) atoms. The second-order valence-electron chi connectivity index (χ2n) is 6.38. The molecule has 0 aliphatic carbocycles. The molecule has 0 amide bonds. The van der Waals surface area contributed by atoms with Gasteiger partial charge >= 0.3 is 0 Å². The van der Waals surface area contributed by atoms with Gasteiger partial charge in [-0.05, 0) is 49.1 Å². The van der Waals surface area contributed by atoms with E-state index in [2.05, 4.69) is 90.9 Å². The molecule has 1 aromatic heterocycles. The minimum atomic E-state index is 0.198. The fourth-order valence-electron chi connectivity index (χ4n) is 3.01. The van der Waals surface area contributed by atoms with Crippen LogP contribution in [-0.4, -0.2) is 11.0 Å². The maximum absolute atomic E-state index is 4.10. The number of aryl methyl sites for hydroxylation is 1. The van der Waals surface area contributed by atoms with E-state index in [1.165, 1.54) is 22.3 Å². The van der Waals surface area contributed by atoms with E-state index in [1.54, 1.807) is 0 Å². The summed E-state index contributed by atoms with van der Waals surface area (Å²) in [4.78, 5) is 4.10. The van der Waals surface area contributed by atoms with E-state index in [9.17, 15) is 0 Å². The number of nitrogens with one attached hydrogen (secondary N) is 1. The summed E-state index contributed by atoms with van der Waals surface area (Å²) in [6, 6.07) is 24.2. The van der Waals surface area contributed by atoms with Crippen molar-refractivity contribution in [3.63, 3.8) is 0 Å². The molecule has 3 rings (SSSR count). The minimum absolute atomic E-state index is 0.198. The molecule has 2 atom stereocenters. The van der Waals surface area contributed by atoms with Crippen molar-refractivity contribution in [2.75, 3.05) is 0 Å². The summed E-state index contributed by atoms with van der Waals surface area (Å²) in [5.41, 5.74) is 5.19. The molecule has 0 bridgehead atoms. The van der Waals surface area contributed by atoms with E-state index in [4.69, 9.17) is 0 Å². The van der Waals surface area contributed by atoms with Crippen LogP contribution in [0.4, 0.5) is 0 Å². The van der Waals surface area contributed by atoms with Crippen LogP contribution in [0, 0.1) is 6.92 Å². The molecule has 3 aromatic rings. The average Bonchev–Trinajstić information content (AvgIpc) is 2.62. The van der Waals surface area contributed by atoms with Crippen molar-refractivity contribution in [2.24, 2.45) is 0 Å². The zero-order valence-corrected chi connectivity index (χ0v) is 14.3. The summed E-state index contributed by atoms with van der Waals surface area (Å²) in [5.74, 6) is 0. The van der Waals surface area contributed by atoms with Gasteiger partial charge in [-0.3, -0.25) is 4.98 Å². The van der Waals surface area contributed by atoms with E-state index in [1.807, 2.05) is 12.4 Å². The molecule has 1 N–H and O–H groups in total. The highest BCUT2D eigenvalue weighted by Gasteiger charge is 2.16. The summed E-state index contributed by atoms with van der Waals surface area (Å²) >= 11 is 0. The van der Waals surface area contributed by atoms with E-state index in [-0.39, 0.29) is 6.04 Å². The lowest BCUT2D eigenvalue weighted by atomic mass is 9.96. The Labute approximate surface area is 144 Å². The maximum atomic E-state index is 4.10. The maximum Gasteiger partial charge on any atom is 0.0578 e. The van der Waals surface area contributed by atoms with Crippen molar-refractivity contribution in [3.05, 3.63) is 101 Å². The Morgan fingerprint density at radius 3 is 2.12 bits per heavy atom. The molecule has 2 nitrogen and oxygen atoms in total. The first-order chi connectivity index (χ1) is 11.7. The molecule has 0 fully saturated rings. The third kappa shape index (κ3) is 4.30. The molecule has 0 saturated heterocycles. The molecule has 2 aromatic carbocycles. The van der Waals surface area contributed by atoms with Crippen LogP contribution in [-0.2, 0) is 6.42 Å². The van der Waals surface area contributed by atoms with Crippen LogP contribution in [0.1, 0.15) is 35.2 Å². The van der Waals surface area contributed by atoms with E-state index >= 15 is 0 Å². The number of pyridine rings is 1. The predicted octanol–water partition coefficient (Wildman–Crippen LogP) is 4.70. The Bertz CT molecular complexity index is 736. The van der Waals surface area contributed by atoms with Crippen LogP contribution in [0.2, 0.25) is 0 Å². The summed E-state index contributed by atoms with van der Waals surface area (Å²) in [6.07, 6.45) is 4.70. The second kappa shape index (κ2) is 7.89. The van der Waals surface area contributed by atoms with Crippen LogP contribution in [0.25, 0.3) is 0 Å². The number of aromatic nitrogens is 1. The SMILES string of the molecule is Cc1ccc([C@@H](N[C@@H](C)Cc2ccncc2)c2ccccc2)cc1. The lowest BCUT2D eigenvalue weighted by Gasteiger charge is -2.24. The van der Waals surface area contributed by atoms with E-state index in [0.717, 1.165) is 6.42 Å². The highest BCUT2D eigenvalue weighted by molar-refractivity contribution is 5.33. The van der Waals surface area contributed by atoms with Gasteiger partial charge in [0.15, 0.2) is 0 Å². The molecule has 0 aliphatic heterocycles. The standard InChI is InChI=1S/C22H24N2/c1-17-8-10-21(11-9-17)22(20-6-4-3-5-7-20)24-18(2)16-19-12-14-23-15-13-19/h3-15,18,22,24H,16H2,1-2H3/t18-,22-/m0/s1. The van der Waals surface area contributed by atoms with E-state index in [0.29, 0.717) is 6.04 Å². The number of rotatable bonds is 6. The fourth-order valence-corrected chi connectivity index (χ4v) is 3.01. The molecule has 0 unspecified atom stereocenters. The first-order valence-corrected chi connectivity index (χ1v) is 8.49. The summed E-state index contributed by atoms with van der Waals surface area (Å²) in [6.45, 7) is 4.37. The smallest absolute Gasteiger partial charge is 0.0578 e. The summed E-state index contributed by atoms with van der Waals surface area (Å²) < 4.78 is 0. The molecular weight excluding hydrogens is 292 g/mol. The van der Waals surface area contributed by atoms with Crippen LogP contribution in [0.15, 0.2) is 79.1 Å². The summed E-state index contributed by atoms with van der Waals surface area (Å²) in [5, 5.41) is 3.80. The van der Waals surface area contributed by atoms with Gasteiger partial charge in [0.1, 0.15) is 0 Å². The van der Waals surface area contributed by atoms with Gasteiger partial charge in [-0.2, -0.15) is 0 Å². The van der Waals surface area contributed by atoms with Gasteiger partial charge in [0.2, 0.25) is 0 Å². The minimum Gasteiger partial charge on any atom is -0.303 e. The largest absolute Gasteiger partial charge is 0.303 e. The van der Waals surface area contributed by atoms with Gasteiger partial charge < -0.3 is 5.32 Å². The molecular formula is C22H24N2. The third-order valence-corrected chi connectivity index (χ3v) is 4.29. The van der Waals surface area contributed by atoms with Gasteiger partial charge in [0.05, 0.1) is 6.04 Å². The fraction of sp³-hybridized carbons (Fsp3) is 0.227. The van der Waals surface area contributed by atoms with Gasteiger partial charge in [-0.25, -0.2) is 0 Å². The van der Waals surface area contributed by atoms with Crippen molar-refractivity contribution in [1.82, 2.24) is 10.3 Å². The second-order valence-corrected chi connectivity index (χ2v) is 6.38. The van der Waals surface area contributed by atoms with Crippen molar-refractivity contribution in [2.45, 2.75) is 32.4 Å². The van der Waals surface area contributed by atoms with Crippen molar-refractivity contribution in [1.29, 1.82) is 0 Å². The lowest BCUT2D eigenvalue weighted by molar-refractivity contribution is 0.496. The normalized spacial score (nSPS) is 13.4. The van der Waals surface area contributed by atoms with E-state index < -0.39 is 0 Å². The van der Waals surface area contributed by atoms with Gasteiger partial charge in [0, 0.05) is 18.4 Å². The van der Waals surface area contributed by atoms with Crippen molar-refractivity contribution >= 4 is 0 Å². The number of nitrogens with zero attached hydrogens (tertiary/aromatic N) is 1. The average molecular weight is 316 g/mol. The number of hydrogen-bond donors (Lipinski definition) is 1. The molecule has 0 aliphatic rings. The highest BCUT2D eigenvalue weighted by atomic mass is 14.9. The first kappa shape index (κ1) is 16.4. The lowest BCUT2D eigenvalue weighted by Crippen LogP contribution is -2.32. The quantitative estimate of drug-likeness (QED) is 0.713. The molecule has 0 radical (unpaired) electrons. The zero-order chi connectivity index (χ0) is 16.8. The Kier molecular flexibility index (Phi) is 5.39. The predicted molar refractivity (Wildman–Crippen MR) is 100 cm³/mol. The number of hydrogen-bond acceptors (Lipinski definition) is 2. The topological polar surface area (TPSA) is 24.9 Å². The molecule has 0 saturated carbocycles. The molecule has 1 heterocycles. The molecule has 0 spiro atoms. The van der Waals surface area contributed by atoms with Crippen molar-refractivity contribution in [3.8, 4) is 0 Å². The van der Waals surface area contributed by atoms with Crippen LogP contribution < -0.4 is 5.32 Å². The van der Waals surface area contributed by atoms with Crippen molar-refractivity contribution < 1.29 is 0 Å². The monoisotopic (exact) mass is 316 g/mol. The van der Waals surface area contributed by atoms with Crippen LogP contribution >= 0.6 is 0 Å². The Hall–Kier alpha value is -2.45. The Morgan fingerprint density at radius 2 is 1.46 bits per heavy atom.